The SMILES string of the molecule is CC(Cn1c(N)nc2ccc(Cl)cc21)N(C)C1CC1. The fraction of sp³-hybridized carbons (Fsp3) is 0.500. The lowest BCUT2D eigenvalue weighted by molar-refractivity contribution is 0.228. The van der Waals surface area contributed by atoms with Gasteiger partial charge in [0.1, 0.15) is 0 Å². The molecule has 3 rings (SSSR count). The maximum atomic E-state index is 6.07. The first-order valence-electron chi connectivity index (χ1n) is 6.69. The second-order valence-electron chi connectivity index (χ2n) is 5.46. The molecule has 1 saturated carbocycles. The number of benzene rings is 1. The molecule has 5 heteroatoms. The van der Waals surface area contributed by atoms with Gasteiger partial charge in [0.2, 0.25) is 5.95 Å². The Hall–Kier alpha value is -1.26. The second-order valence-corrected chi connectivity index (χ2v) is 5.90. The molecule has 1 unspecified atom stereocenters. The van der Waals surface area contributed by atoms with Crippen LogP contribution in [0.2, 0.25) is 5.02 Å². The van der Waals surface area contributed by atoms with Crippen molar-refractivity contribution >= 4 is 28.6 Å². The van der Waals surface area contributed by atoms with Gasteiger partial charge >= 0.3 is 0 Å². The van der Waals surface area contributed by atoms with Gasteiger partial charge in [-0.3, -0.25) is 4.90 Å². The van der Waals surface area contributed by atoms with E-state index in [1.165, 1.54) is 12.8 Å². The molecule has 1 fully saturated rings. The van der Waals surface area contributed by atoms with Crippen LogP contribution in [0.4, 0.5) is 5.95 Å². The van der Waals surface area contributed by atoms with E-state index in [4.69, 9.17) is 17.3 Å². The van der Waals surface area contributed by atoms with Gasteiger partial charge in [-0.2, -0.15) is 0 Å². The molecule has 0 spiro atoms. The van der Waals surface area contributed by atoms with Crippen molar-refractivity contribution in [3.63, 3.8) is 0 Å². The van der Waals surface area contributed by atoms with E-state index in [1.807, 2.05) is 18.2 Å². The predicted octanol–water partition coefficient (Wildman–Crippen LogP) is 2.75. The predicted molar refractivity (Wildman–Crippen MR) is 79.4 cm³/mol. The van der Waals surface area contributed by atoms with Crippen molar-refractivity contribution in [1.82, 2.24) is 14.5 Å². The molecule has 0 aliphatic heterocycles. The molecule has 2 N–H and O–H groups in total. The summed E-state index contributed by atoms with van der Waals surface area (Å²) in [5, 5.41) is 0.719. The summed E-state index contributed by atoms with van der Waals surface area (Å²) in [7, 11) is 2.19. The summed E-state index contributed by atoms with van der Waals surface area (Å²) >= 11 is 6.07. The molecule has 1 atom stereocenters. The molecule has 4 nitrogen and oxygen atoms in total. The smallest absolute Gasteiger partial charge is 0.201 e. The molecule has 2 aromatic rings. The van der Waals surface area contributed by atoms with E-state index in [0.717, 1.165) is 28.6 Å². The van der Waals surface area contributed by atoms with Gasteiger partial charge in [0.25, 0.3) is 0 Å². The average Bonchev–Trinajstić information content (AvgIpc) is 3.17. The Morgan fingerprint density at radius 1 is 1.53 bits per heavy atom. The Morgan fingerprint density at radius 2 is 2.26 bits per heavy atom. The topological polar surface area (TPSA) is 47.1 Å². The van der Waals surface area contributed by atoms with E-state index in [9.17, 15) is 0 Å². The van der Waals surface area contributed by atoms with Crippen LogP contribution >= 0.6 is 11.6 Å². The van der Waals surface area contributed by atoms with E-state index < -0.39 is 0 Å². The van der Waals surface area contributed by atoms with Crippen LogP contribution in [0.3, 0.4) is 0 Å². The fourth-order valence-electron chi connectivity index (χ4n) is 2.54. The molecule has 1 aromatic carbocycles. The Morgan fingerprint density at radius 3 is 2.95 bits per heavy atom. The summed E-state index contributed by atoms with van der Waals surface area (Å²) in [6, 6.07) is 6.88. The monoisotopic (exact) mass is 278 g/mol. The Labute approximate surface area is 118 Å². The molecule has 19 heavy (non-hydrogen) atoms. The number of fused-ring (bicyclic) bond motifs is 1. The molecule has 1 heterocycles. The molecule has 1 aliphatic carbocycles. The third-order valence-electron chi connectivity index (χ3n) is 4.00. The van der Waals surface area contributed by atoms with Gasteiger partial charge in [-0.05, 0) is 45.0 Å². The first-order valence-corrected chi connectivity index (χ1v) is 7.07. The third kappa shape index (κ3) is 2.42. The van der Waals surface area contributed by atoms with Gasteiger partial charge in [-0.1, -0.05) is 11.6 Å². The van der Waals surface area contributed by atoms with Crippen molar-refractivity contribution in [2.45, 2.75) is 38.4 Å². The minimum atomic E-state index is 0.436. The fourth-order valence-corrected chi connectivity index (χ4v) is 2.71. The van der Waals surface area contributed by atoms with E-state index in [1.54, 1.807) is 0 Å². The number of anilines is 1. The zero-order valence-electron chi connectivity index (χ0n) is 11.3. The van der Waals surface area contributed by atoms with Gasteiger partial charge < -0.3 is 10.3 Å². The molecule has 0 saturated heterocycles. The number of hydrogen-bond acceptors (Lipinski definition) is 3. The highest BCUT2D eigenvalue weighted by atomic mass is 35.5. The Kier molecular flexibility index (Phi) is 3.15. The van der Waals surface area contributed by atoms with E-state index in [0.29, 0.717) is 12.0 Å². The van der Waals surface area contributed by atoms with Gasteiger partial charge in [-0.15, -0.1) is 0 Å². The number of imidazole rings is 1. The van der Waals surface area contributed by atoms with Crippen molar-refractivity contribution in [1.29, 1.82) is 0 Å². The van der Waals surface area contributed by atoms with Crippen LogP contribution in [-0.4, -0.2) is 33.6 Å². The normalized spacial score (nSPS) is 17.3. The van der Waals surface area contributed by atoms with Crippen molar-refractivity contribution in [3.05, 3.63) is 23.2 Å². The van der Waals surface area contributed by atoms with Crippen molar-refractivity contribution in [3.8, 4) is 0 Å². The van der Waals surface area contributed by atoms with Crippen LogP contribution < -0.4 is 5.73 Å². The molecule has 1 aromatic heterocycles. The Balaban J connectivity index is 1.90. The van der Waals surface area contributed by atoms with Gasteiger partial charge in [0, 0.05) is 23.7 Å². The largest absolute Gasteiger partial charge is 0.369 e. The molecular formula is C14H19ClN4. The quantitative estimate of drug-likeness (QED) is 0.935. The summed E-state index contributed by atoms with van der Waals surface area (Å²) < 4.78 is 2.06. The molecule has 102 valence electrons. The maximum absolute atomic E-state index is 6.07. The van der Waals surface area contributed by atoms with E-state index in [2.05, 4.69) is 28.4 Å². The maximum Gasteiger partial charge on any atom is 0.201 e. The minimum absolute atomic E-state index is 0.436. The zero-order valence-corrected chi connectivity index (χ0v) is 12.1. The van der Waals surface area contributed by atoms with Crippen LogP contribution in [0.5, 0.6) is 0 Å². The number of halogens is 1. The standard InChI is InChI=1S/C14H19ClN4/c1-9(18(2)11-4-5-11)8-19-13-7-10(15)3-6-12(13)17-14(19)16/h3,6-7,9,11H,4-5,8H2,1-2H3,(H2,16,17). The summed E-state index contributed by atoms with van der Waals surface area (Å²) in [6.07, 6.45) is 2.62. The summed E-state index contributed by atoms with van der Waals surface area (Å²) in [5.41, 5.74) is 7.95. The van der Waals surface area contributed by atoms with Crippen molar-refractivity contribution in [2.24, 2.45) is 0 Å². The first kappa shape index (κ1) is 12.8. The highest BCUT2D eigenvalue weighted by Gasteiger charge is 2.29. The van der Waals surface area contributed by atoms with Crippen LogP contribution in [0.15, 0.2) is 18.2 Å². The van der Waals surface area contributed by atoms with Gasteiger partial charge in [0.05, 0.1) is 11.0 Å². The van der Waals surface area contributed by atoms with E-state index in [-0.39, 0.29) is 0 Å². The van der Waals surface area contributed by atoms with Crippen molar-refractivity contribution in [2.75, 3.05) is 12.8 Å². The lowest BCUT2D eigenvalue weighted by Crippen LogP contribution is -2.34. The van der Waals surface area contributed by atoms with Crippen LogP contribution in [0.25, 0.3) is 11.0 Å². The molecule has 1 aliphatic rings. The number of aromatic nitrogens is 2. The number of rotatable bonds is 4. The number of nitrogens with two attached hydrogens (primary N) is 1. The molecular weight excluding hydrogens is 260 g/mol. The lowest BCUT2D eigenvalue weighted by Gasteiger charge is -2.25. The summed E-state index contributed by atoms with van der Waals surface area (Å²) in [6.45, 7) is 3.07. The first-order chi connectivity index (χ1) is 9.06. The zero-order chi connectivity index (χ0) is 13.6. The minimum Gasteiger partial charge on any atom is -0.369 e. The summed E-state index contributed by atoms with van der Waals surface area (Å²) in [5.74, 6) is 0.563. The van der Waals surface area contributed by atoms with E-state index >= 15 is 0 Å². The highest BCUT2D eigenvalue weighted by Crippen LogP contribution is 2.28. The molecule has 0 amide bonds. The lowest BCUT2D eigenvalue weighted by atomic mass is 10.2. The molecule has 0 bridgehead atoms. The summed E-state index contributed by atoms with van der Waals surface area (Å²) in [4.78, 5) is 6.82. The Bertz CT molecular complexity index is 603. The molecule has 0 radical (unpaired) electrons. The third-order valence-corrected chi connectivity index (χ3v) is 4.24. The van der Waals surface area contributed by atoms with Crippen LogP contribution in [-0.2, 0) is 6.54 Å². The van der Waals surface area contributed by atoms with Gasteiger partial charge in [0.15, 0.2) is 0 Å². The van der Waals surface area contributed by atoms with Crippen LogP contribution in [0, 0.1) is 0 Å². The number of hydrogen-bond donors (Lipinski definition) is 1. The number of likely N-dealkylation sites (N-methyl/N-ethyl adjacent to an activating group) is 1. The van der Waals surface area contributed by atoms with Gasteiger partial charge in [-0.25, -0.2) is 4.98 Å². The van der Waals surface area contributed by atoms with Crippen molar-refractivity contribution < 1.29 is 0 Å². The second kappa shape index (κ2) is 4.69. The number of nitrogens with zero attached hydrogens (tertiary/aromatic N) is 3. The van der Waals surface area contributed by atoms with Crippen LogP contribution in [0.1, 0.15) is 19.8 Å². The highest BCUT2D eigenvalue weighted by molar-refractivity contribution is 6.31. The average molecular weight is 279 g/mol. The number of nitrogen functional groups attached to an aromatic ring is 1.